The summed E-state index contributed by atoms with van der Waals surface area (Å²) in [5.74, 6) is -0.514. The van der Waals surface area contributed by atoms with Crippen molar-refractivity contribution in [3.05, 3.63) is 66.2 Å². The molecule has 0 radical (unpaired) electrons. The Morgan fingerprint density at radius 1 is 0.958 bits per heavy atom. The summed E-state index contributed by atoms with van der Waals surface area (Å²) in [6.07, 6.45) is 0.583. The highest BCUT2D eigenvalue weighted by atomic mass is 35.5. The zero-order valence-electron chi connectivity index (χ0n) is 13.0. The van der Waals surface area contributed by atoms with E-state index in [-0.39, 0.29) is 5.91 Å². The fourth-order valence-corrected chi connectivity index (χ4v) is 2.37. The molecule has 2 aromatic carbocycles. The molecular formula is C18H18Cl2N2O2. The Kier molecular flexibility index (Phi) is 7.09. The molecule has 0 spiro atoms. The maximum absolute atomic E-state index is 12.8. The third-order valence-corrected chi connectivity index (χ3v) is 3.79. The summed E-state index contributed by atoms with van der Waals surface area (Å²) in [4.78, 5) is 24.7. The van der Waals surface area contributed by atoms with Gasteiger partial charge in [0.25, 0.3) is 11.8 Å². The first-order chi connectivity index (χ1) is 11.6. The lowest BCUT2D eigenvalue weighted by molar-refractivity contribution is -0.119. The number of alkyl halides is 2. The largest absolute Gasteiger partial charge is 0.354 e. The summed E-state index contributed by atoms with van der Waals surface area (Å²) in [6, 6.07) is 18.5. The average Bonchev–Trinajstić information content (AvgIpc) is 2.62. The molecule has 4 nitrogen and oxygen atoms in total. The van der Waals surface area contributed by atoms with Crippen LogP contribution < -0.4 is 10.2 Å². The maximum atomic E-state index is 12.8. The fraction of sp³-hybridized carbons (Fsp3) is 0.222. The maximum Gasteiger partial charge on any atom is 0.258 e. The monoisotopic (exact) mass is 364 g/mol. The van der Waals surface area contributed by atoms with E-state index in [1.165, 1.54) is 0 Å². The van der Waals surface area contributed by atoms with Crippen molar-refractivity contribution >= 4 is 40.7 Å². The van der Waals surface area contributed by atoms with Crippen LogP contribution in [-0.4, -0.2) is 29.7 Å². The van der Waals surface area contributed by atoms with Crippen molar-refractivity contribution in [3.63, 3.8) is 0 Å². The summed E-state index contributed by atoms with van der Waals surface area (Å²) in [6.45, 7) is 0.855. The summed E-state index contributed by atoms with van der Waals surface area (Å²) in [5.41, 5.74) is 1.43. The second kappa shape index (κ2) is 9.30. The predicted molar refractivity (Wildman–Crippen MR) is 97.7 cm³/mol. The minimum Gasteiger partial charge on any atom is -0.354 e. The Morgan fingerprint density at radius 2 is 1.54 bits per heavy atom. The molecule has 24 heavy (non-hydrogen) atoms. The number of hydrogen-bond donors (Lipinski definition) is 1. The lowest BCUT2D eigenvalue weighted by Crippen LogP contribution is -2.35. The third kappa shape index (κ3) is 5.25. The van der Waals surface area contributed by atoms with Crippen molar-refractivity contribution in [1.29, 1.82) is 0 Å². The summed E-state index contributed by atoms with van der Waals surface area (Å²) in [5, 5.41) is 2.63. The van der Waals surface area contributed by atoms with Crippen molar-refractivity contribution in [1.82, 2.24) is 5.32 Å². The highest BCUT2D eigenvalue weighted by molar-refractivity contribution is 6.53. The molecule has 0 saturated carbocycles. The molecule has 0 saturated heterocycles. The van der Waals surface area contributed by atoms with Gasteiger partial charge in [0, 0.05) is 24.3 Å². The van der Waals surface area contributed by atoms with Gasteiger partial charge in [-0.2, -0.15) is 0 Å². The molecule has 2 amide bonds. The van der Waals surface area contributed by atoms with Gasteiger partial charge in [-0.1, -0.05) is 59.6 Å². The second-order valence-corrected chi connectivity index (χ2v) is 6.20. The van der Waals surface area contributed by atoms with Crippen LogP contribution >= 0.6 is 23.2 Å². The lowest BCUT2D eigenvalue weighted by atomic mass is 10.1. The fourth-order valence-electron chi connectivity index (χ4n) is 2.22. The van der Waals surface area contributed by atoms with Gasteiger partial charge in [0.1, 0.15) is 0 Å². The van der Waals surface area contributed by atoms with Crippen LogP contribution in [0.4, 0.5) is 5.69 Å². The lowest BCUT2D eigenvalue weighted by Gasteiger charge is -2.23. The zero-order valence-corrected chi connectivity index (χ0v) is 14.5. The molecule has 126 valence electrons. The first-order valence-corrected chi connectivity index (χ1v) is 8.44. The van der Waals surface area contributed by atoms with Crippen molar-refractivity contribution < 1.29 is 9.59 Å². The highest BCUT2D eigenvalue weighted by Crippen LogP contribution is 2.17. The molecule has 0 bridgehead atoms. The van der Waals surface area contributed by atoms with Gasteiger partial charge in [-0.15, -0.1) is 0 Å². The highest BCUT2D eigenvalue weighted by Gasteiger charge is 2.17. The predicted octanol–water partition coefficient (Wildman–Crippen LogP) is 3.64. The van der Waals surface area contributed by atoms with Gasteiger partial charge in [-0.05, 0) is 30.7 Å². The normalized spacial score (nSPS) is 10.5. The van der Waals surface area contributed by atoms with Gasteiger partial charge in [0.05, 0.1) is 0 Å². The number of anilines is 1. The van der Waals surface area contributed by atoms with Crippen molar-refractivity contribution in [3.8, 4) is 0 Å². The summed E-state index contributed by atoms with van der Waals surface area (Å²) in [7, 11) is 0. The van der Waals surface area contributed by atoms with Crippen LogP contribution in [0.25, 0.3) is 0 Å². The van der Waals surface area contributed by atoms with E-state index in [4.69, 9.17) is 23.2 Å². The van der Waals surface area contributed by atoms with Crippen LogP contribution in [0.3, 0.4) is 0 Å². The van der Waals surface area contributed by atoms with Crippen LogP contribution in [0, 0.1) is 0 Å². The van der Waals surface area contributed by atoms with E-state index in [0.29, 0.717) is 25.1 Å². The SMILES string of the molecule is O=C(NCCCN(C(=O)c1ccccc1)c1ccccc1)C(Cl)Cl. The molecule has 0 fully saturated rings. The van der Waals surface area contributed by atoms with E-state index in [1.807, 2.05) is 48.5 Å². The van der Waals surface area contributed by atoms with E-state index >= 15 is 0 Å². The number of nitrogens with one attached hydrogen (secondary N) is 1. The molecule has 0 aliphatic heterocycles. The van der Waals surface area contributed by atoms with Crippen molar-refractivity contribution in [2.24, 2.45) is 0 Å². The van der Waals surface area contributed by atoms with Gasteiger partial charge in [-0.3, -0.25) is 9.59 Å². The number of carbonyl (C=O) groups excluding carboxylic acids is 2. The smallest absolute Gasteiger partial charge is 0.258 e. The van der Waals surface area contributed by atoms with Gasteiger partial charge in [0.15, 0.2) is 4.84 Å². The minimum atomic E-state index is -1.08. The van der Waals surface area contributed by atoms with Crippen LogP contribution in [0.5, 0.6) is 0 Å². The second-order valence-electron chi connectivity index (χ2n) is 5.10. The van der Waals surface area contributed by atoms with E-state index in [9.17, 15) is 9.59 Å². The van der Waals surface area contributed by atoms with Gasteiger partial charge in [-0.25, -0.2) is 0 Å². The number of benzene rings is 2. The van der Waals surface area contributed by atoms with E-state index in [0.717, 1.165) is 5.69 Å². The molecule has 0 atom stereocenters. The molecule has 0 unspecified atom stereocenters. The first kappa shape index (κ1) is 18.3. The molecule has 2 aromatic rings. The summed E-state index contributed by atoms with van der Waals surface area (Å²) < 4.78 is 0. The van der Waals surface area contributed by atoms with E-state index in [1.54, 1.807) is 17.0 Å². The molecule has 2 rings (SSSR count). The number of carbonyl (C=O) groups is 2. The number of rotatable bonds is 7. The van der Waals surface area contributed by atoms with E-state index in [2.05, 4.69) is 5.32 Å². The molecular weight excluding hydrogens is 347 g/mol. The molecule has 0 aromatic heterocycles. The van der Waals surface area contributed by atoms with E-state index < -0.39 is 10.7 Å². The minimum absolute atomic E-state index is 0.0827. The summed E-state index contributed by atoms with van der Waals surface area (Å²) >= 11 is 11.0. The molecule has 0 aliphatic carbocycles. The van der Waals surface area contributed by atoms with Gasteiger partial charge >= 0.3 is 0 Å². The number of nitrogens with zero attached hydrogens (tertiary/aromatic N) is 1. The van der Waals surface area contributed by atoms with Gasteiger partial charge < -0.3 is 10.2 Å². The number of halogens is 2. The van der Waals surface area contributed by atoms with Crippen LogP contribution in [0.15, 0.2) is 60.7 Å². The standard InChI is InChI=1S/C18H18Cl2N2O2/c19-16(20)17(23)21-12-7-13-22(15-10-5-2-6-11-15)18(24)14-8-3-1-4-9-14/h1-6,8-11,16H,7,12-13H2,(H,21,23). The Balaban J connectivity index is 2.04. The van der Waals surface area contributed by atoms with Crippen molar-refractivity contribution in [2.75, 3.05) is 18.0 Å². The molecule has 1 N–H and O–H groups in total. The molecule has 6 heteroatoms. The van der Waals surface area contributed by atoms with Crippen LogP contribution in [0.1, 0.15) is 16.8 Å². The number of hydrogen-bond acceptors (Lipinski definition) is 2. The molecule has 0 aliphatic rings. The Hall–Kier alpha value is -2.04. The first-order valence-electron chi connectivity index (χ1n) is 7.57. The van der Waals surface area contributed by atoms with Gasteiger partial charge in [0.2, 0.25) is 0 Å². The van der Waals surface area contributed by atoms with Crippen LogP contribution in [0.2, 0.25) is 0 Å². The quantitative estimate of drug-likeness (QED) is 0.602. The van der Waals surface area contributed by atoms with Crippen LogP contribution in [-0.2, 0) is 4.79 Å². The Morgan fingerprint density at radius 3 is 2.12 bits per heavy atom. The number of amides is 2. The Bertz CT molecular complexity index is 663. The van der Waals surface area contributed by atoms with Crippen molar-refractivity contribution in [2.45, 2.75) is 11.3 Å². The zero-order chi connectivity index (χ0) is 17.4. The topological polar surface area (TPSA) is 49.4 Å². The average molecular weight is 365 g/mol. The number of para-hydroxylation sites is 1. The molecule has 0 heterocycles. The Labute approximate surface area is 151 Å². The third-order valence-electron chi connectivity index (χ3n) is 3.39.